The largest absolute Gasteiger partial charge is 0.327 e. The van der Waals surface area contributed by atoms with E-state index in [0.717, 1.165) is 42.9 Å². The van der Waals surface area contributed by atoms with Crippen molar-refractivity contribution in [2.75, 3.05) is 0 Å². The van der Waals surface area contributed by atoms with Gasteiger partial charge in [0, 0.05) is 17.6 Å². The lowest BCUT2D eigenvalue weighted by molar-refractivity contribution is 0.0634. The van der Waals surface area contributed by atoms with Crippen LogP contribution in [0.1, 0.15) is 53.3 Å². The Morgan fingerprint density at radius 1 is 0.962 bits per heavy atom. The van der Waals surface area contributed by atoms with Crippen molar-refractivity contribution in [1.82, 2.24) is 9.88 Å². The van der Waals surface area contributed by atoms with Crippen molar-refractivity contribution >= 4 is 16.7 Å². The van der Waals surface area contributed by atoms with Crippen molar-refractivity contribution < 1.29 is 4.79 Å². The maximum absolute atomic E-state index is 13.6. The van der Waals surface area contributed by atoms with Crippen molar-refractivity contribution in [3.05, 3.63) is 77.6 Å². The molecule has 0 bridgehead atoms. The summed E-state index contributed by atoms with van der Waals surface area (Å²) in [5.41, 5.74) is 3.32. The predicted octanol–water partition coefficient (Wildman–Crippen LogP) is 4.92. The summed E-state index contributed by atoms with van der Waals surface area (Å²) in [5, 5.41) is 2.03. The van der Waals surface area contributed by atoms with Crippen molar-refractivity contribution in [2.45, 2.75) is 44.2 Å². The van der Waals surface area contributed by atoms with Gasteiger partial charge >= 0.3 is 0 Å². The van der Waals surface area contributed by atoms with Gasteiger partial charge in [-0.2, -0.15) is 0 Å². The molecule has 1 fully saturated rings. The molecule has 1 saturated carbocycles. The number of hydrogen-bond acceptors (Lipinski definition) is 2. The number of carbonyl (C=O) groups is 1. The Morgan fingerprint density at radius 2 is 1.77 bits per heavy atom. The quantitative estimate of drug-likeness (QED) is 0.677. The van der Waals surface area contributed by atoms with E-state index in [1.165, 1.54) is 11.1 Å². The zero-order valence-electron chi connectivity index (χ0n) is 14.8. The zero-order chi connectivity index (χ0) is 17.5. The lowest BCUT2D eigenvalue weighted by Gasteiger charge is -2.36. The fourth-order valence-corrected chi connectivity index (χ4v) is 4.34. The minimum atomic E-state index is 0.0889. The van der Waals surface area contributed by atoms with Crippen molar-refractivity contribution in [3.8, 4) is 0 Å². The molecule has 0 spiro atoms. The van der Waals surface area contributed by atoms with Gasteiger partial charge in [-0.3, -0.25) is 9.78 Å². The van der Waals surface area contributed by atoms with Gasteiger partial charge < -0.3 is 4.90 Å². The van der Waals surface area contributed by atoms with Crippen LogP contribution in [0.15, 0.2) is 60.8 Å². The van der Waals surface area contributed by atoms with Crippen LogP contribution in [0.5, 0.6) is 0 Å². The Bertz CT molecular complexity index is 971. The van der Waals surface area contributed by atoms with Crippen LogP contribution in [0, 0.1) is 0 Å². The van der Waals surface area contributed by atoms with E-state index in [0.29, 0.717) is 11.7 Å². The molecule has 1 amide bonds. The lowest BCUT2D eigenvalue weighted by atomic mass is 9.86. The van der Waals surface area contributed by atoms with Crippen molar-refractivity contribution in [1.29, 1.82) is 0 Å². The highest BCUT2D eigenvalue weighted by atomic mass is 16.2. The number of aromatic nitrogens is 1. The second-order valence-corrected chi connectivity index (χ2v) is 7.43. The van der Waals surface area contributed by atoms with E-state index in [4.69, 9.17) is 0 Å². The molecule has 2 aromatic carbocycles. The maximum atomic E-state index is 13.6. The fourth-order valence-electron chi connectivity index (χ4n) is 4.34. The molecule has 26 heavy (non-hydrogen) atoms. The number of aryl methyl sites for hydroxylation is 1. The summed E-state index contributed by atoms with van der Waals surface area (Å²) in [6.45, 7) is 0. The first kappa shape index (κ1) is 15.6. The number of rotatable bonds is 3. The Hall–Kier alpha value is -2.68. The predicted molar refractivity (Wildman–Crippen MR) is 103 cm³/mol. The fraction of sp³-hybridized carbons (Fsp3) is 0.304. The van der Waals surface area contributed by atoms with E-state index in [2.05, 4.69) is 34.1 Å². The molecule has 0 radical (unpaired) electrons. The van der Waals surface area contributed by atoms with Crippen molar-refractivity contribution in [3.63, 3.8) is 0 Å². The molecule has 5 rings (SSSR count). The molecule has 130 valence electrons. The van der Waals surface area contributed by atoms with Crippen LogP contribution >= 0.6 is 0 Å². The molecular weight excluding hydrogens is 320 g/mol. The monoisotopic (exact) mass is 342 g/mol. The molecule has 2 aliphatic carbocycles. The second-order valence-electron chi connectivity index (χ2n) is 7.43. The summed E-state index contributed by atoms with van der Waals surface area (Å²) in [6, 6.07) is 19.2. The molecule has 0 N–H and O–H groups in total. The van der Waals surface area contributed by atoms with Crippen LogP contribution in [0.3, 0.4) is 0 Å². The topological polar surface area (TPSA) is 33.2 Å². The summed E-state index contributed by atoms with van der Waals surface area (Å²) in [5.74, 6) is 0.0889. The van der Waals surface area contributed by atoms with Crippen molar-refractivity contribution in [2.24, 2.45) is 0 Å². The summed E-state index contributed by atoms with van der Waals surface area (Å²) in [7, 11) is 0. The molecule has 3 heteroatoms. The third-order valence-electron chi connectivity index (χ3n) is 5.72. The van der Waals surface area contributed by atoms with Crippen LogP contribution in [0.4, 0.5) is 0 Å². The van der Waals surface area contributed by atoms with E-state index in [-0.39, 0.29) is 11.9 Å². The highest BCUT2D eigenvalue weighted by Crippen LogP contribution is 2.41. The van der Waals surface area contributed by atoms with Gasteiger partial charge in [0.2, 0.25) is 0 Å². The Kier molecular flexibility index (Phi) is 3.74. The normalized spacial score (nSPS) is 19.2. The molecule has 1 aromatic heterocycles. The van der Waals surface area contributed by atoms with E-state index in [1.54, 1.807) is 6.20 Å². The number of benzene rings is 2. The second kappa shape index (κ2) is 6.24. The number of carbonyl (C=O) groups excluding carboxylic acids is 1. The van der Waals surface area contributed by atoms with Crippen LogP contribution in [-0.4, -0.2) is 21.8 Å². The molecule has 0 saturated heterocycles. The molecule has 0 aliphatic heterocycles. The average molecular weight is 342 g/mol. The van der Waals surface area contributed by atoms with Gasteiger partial charge in [0.15, 0.2) is 0 Å². The number of fused-ring (bicyclic) bond motifs is 2. The first-order chi connectivity index (χ1) is 12.8. The van der Waals surface area contributed by atoms with Crippen LogP contribution in [-0.2, 0) is 6.42 Å². The zero-order valence-corrected chi connectivity index (χ0v) is 14.8. The van der Waals surface area contributed by atoms with Gasteiger partial charge in [-0.15, -0.1) is 0 Å². The number of amides is 1. The number of hydrogen-bond donors (Lipinski definition) is 0. The molecule has 1 heterocycles. The summed E-state index contributed by atoms with van der Waals surface area (Å²) in [6.07, 6.45) is 7.27. The molecular formula is C23H22N2O. The SMILES string of the molecule is O=C(c1nccc2ccccc12)N(C1CC1)C1CCCc2ccccc21. The minimum absolute atomic E-state index is 0.0889. The van der Waals surface area contributed by atoms with Crippen LogP contribution < -0.4 is 0 Å². The standard InChI is InChI=1S/C23H22N2O/c26-23(22-20-10-4-2-7-17(20)14-15-24-22)25(18-12-13-18)21-11-5-8-16-6-1-3-9-19(16)21/h1-4,6-7,9-10,14-15,18,21H,5,8,11-13H2. The maximum Gasteiger partial charge on any atom is 0.273 e. The van der Waals surface area contributed by atoms with Gasteiger partial charge in [0.1, 0.15) is 5.69 Å². The summed E-state index contributed by atoms with van der Waals surface area (Å²) < 4.78 is 0. The Morgan fingerprint density at radius 3 is 2.65 bits per heavy atom. The van der Waals surface area contributed by atoms with Gasteiger partial charge in [-0.05, 0) is 54.7 Å². The van der Waals surface area contributed by atoms with E-state index in [1.807, 2.05) is 30.3 Å². The summed E-state index contributed by atoms with van der Waals surface area (Å²) >= 11 is 0. The van der Waals surface area contributed by atoms with Gasteiger partial charge in [-0.1, -0.05) is 48.5 Å². The third-order valence-corrected chi connectivity index (χ3v) is 5.72. The first-order valence-corrected chi connectivity index (χ1v) is 9.57. The minimum Gasteiger partial charge on any atom is -0.327 e. The molecule has 3 nitrogen and oxygen atoms in total. The highest BCUT2D eigenvalue weighted by Gasteiger charge is 2.40. The Balaban J connectivity index is 1.59. The van der Waals surface area contributed by atoms with Gasteiger partial charge in [0.05, 0.1) is 6.04 Å². The molecule has 3 aromatic rings. The van der Waals surface area contributed by atoms with E-state index >= 15 is 0 Å². The number of nitrogens with zero attached hydrogens (tertiary/aromatic N) is 2. The van der Waals surface area contributed by atoms with Gasteiger partial charge in [-0.25, -0.2) is 0 Å². The lowest BCUT2D eigenvalue weighted by Crippen LogP contribution is -2.38. The smallest absolute Gasteiger partial charge is 0.273 e. The van der Waals surface area contributed by atoms with Crippen LogP contribution in [0.2, 0.25) is 0 Å². The van der Waals surface area contributed by atoms with E-state index in [9.17, 15) is 4.79 Å². The molecule has 2 aliphatic rings. The summed E-state index contributed by atoms with van der Waals surface area (Å²) in [4.78, 5) is 20.3. The van der Waals surface area contributed by atoms with E-state index < -0.39 is 0 Å². The molecule has 1 unspecified atom stereocenters. The number of pyridine rings is 1. The first-order valence-electron chi connectivity index (χ1n) is 9.57. The third kappa shape index (κ3) is 2.59. The van der Waals surface area contributed by atoms with Crippen LogP contribution in [0.25, 0.3) is 10.8 Å². The Labute approximate surface area is 153 Å². The highest BCUT2D eigenvalue weighted by molar-refractivity contribution is 6.05. The average Bonchev–Trinajstić information content (AvgIpc) is 3.53. The van der Waals surface area contributed by atoms with Gasteiger partial charge in [0.25, 0.3) is 5.91 Å². The molecule has 1 atom stereocenters.